The van der Waals surface area contributed by atoms with Gasteiger partial charge in [-0.1, -0.05) is 30.7 Å². The van der Waals surface area contributed by atoms with Gasteiger partial charge in [0, 0.05) is 31.2 Å². The second-order valence-electron chi connectivity index (χ2n) is 7.14. The lowest BCUT2D eigenvalue weighted by atomic mass is 9.85. The lowest BCUT2D eigenvalue weighted by Gasteiger charge is -2.40. The molecule has 150 valence electrons. The number of nitrogens with one attached hydrogen (secondary N) is 2. The molecular formula is C20H31ClN4O2. The summed E-state index contributed by atoms with van der Waals surface area (Å²) in [6.07, 6.45) is 2.31. The zero-order chi connectivity index (χ0) is 19.8. The Hall–Kier alpha value is -1.79. The van der Waals surface area contributed by atoms with Crippen LogP contribution < -0.4 is 10.6 Å². The van der Waals surface area contributed by atoms with E-state index in [0.717, 1.165) is 24.5 Å². The number of methoxy groups -OCH3 is 1. The van der Waals surface area contributed by atoms with Crippen molar-refractivity contribution in [2.75, 3.05) is 40.8 Å². The molecule has 27 heavy (non-hydrogen) atoms. The van der Waals surface area contributed by atoms with E-state index in [9.17, 15) is 4.79 Å². The number of benzene rings is 1. The molecule has 0 bridgehead atoms. The Kier molecular flexibility index (Phi) is 8.38. The summed E-state index contributed by atoms with van der Waals surface area (Å²) < 4.78 is 4.76. The Morgan fingerprint density at radius 1 is 1.44 bits per heavy atom. The number of likely N-dealkylation sites (tertiary alicyclic amines) is 1. The minimum absolute atomic E-state index is 0.228. The summed E-state index contributed by atoms with van der Waals surface area (Å²) in [4.78, 5) is 18.2. The molecule has 0 radical (unpaired) electrons. The van der Waals surface area contributed by atoms with Gasteiger partial charge in [-0.25, -0.2) is 0 Å². The smallest absolute Gasteiger partial charge is 0.310 e. The van der Waals surface area contributed by atoms with E-state index in [1.807, 2.05) is 19.1 Å². The second kappa shape index (κ2) is 10.5. The van der Waals surface area contributed by atoms with Crippen LogP contribution in [0.4, 0.5) is 0 Å². The molecule has 2 rings (SSSR count). The molecule has 3 atom stereocenters. The van der Waals surface area contributed by atoms with Crippen LogP contribution in [0.5, 0.6) is 0 Å². The van der Waals surface area contributed by atoms with Gasteiger partial charge in [0.1, 0.15) is 0 Å². The van der Waals surface area contributed by atoms with Crippen LogP contribution >= 0.6 is 11.6 Å². The highest BCUT2D eigenvalue weighted by Gasteiger charge is 2.30. The van der Waals surface area contributed by atoms with Crippen LogP contribution in [0.3, 0.4) is 0 Å². The van der Waals surface area contributed by atoms with Gasteiger partial charge < -0.3 is 15.4 Å². The molecule has 1 aromatic rings. The van der Waals surface area contributed by atoms with Crippen molar-refractivity contribution in [3.05, 3.63) is 34.9 Å². The first kappa shape index (κ1) is 21.5. The van der Waals surface area contributed by atoms with Gasteiger partial charge >= 0.3 is 5.97 Å². The number of rotatable bonds is 6. The first-order chi connectivity index (χ1) is 13.0. The molecule has 1 aliphatic rings. The highest BCUT2D eigenvalue weighted by Crippen LogP contribution is 2.35. The normalized spacial score (nSPS) is 22.2. The van der Waals surface area contributed by atoms with Crippen molar-refractivity contribution in [1.82, 2.24) is 15.5 Å². The zero-order valence-electron chi connectivity index (χ0n) is 16.7. The van der Waals surface area contributed by atoms with E-state index in [4.69, 9.17) is 16.3 Å². The lowest BCUT2D eigenvalue weighted by molar-refractivity contribution is -0.144. The third-order valence-electron chi connectivity index (χ3n) is 5.13. The highest BCUT2D eigenvalue weighted by molar-refractivity contribution is 6.30. The van der Waals surface area contributed by atoms with Crippen LogP contribution in [0.1, 0.15) is 31.4 Å². The molecule has 6 nitrogen and oxygen atoms in total. The van der Waals surface area contributed by atoms with E-state index in [2.05, 4.69) is 39.7 Å². The van der Waals surface area contributed by atoms with Crippen LogP contribution in [0, 0.1) is 11.8 Å². The van der Waals surface area contributed by atoms with E-state index >= 15 is 0 Å². The fraction of sp³-hybridized carbons (Fsp3) is 0.600. The number of piperidine rings is 1. The average molecular weight is 395 g/mol. The fourth-order valence-electron chi connectivity index (χ4n) is 3.67. The van der Waals surface area contributed by atoms with E-state index in [1.54, 1.807) is 7.05 Å². The number of aliphatic imine (C=N–C) groups is 1. The first-order valence-corrected chi connectivity index (χ1v) is 9.82. The number of guanidine groups is 1. The predicted octanol–water partition coefficient (Wildman–Crippen LogP) is 2.70. The van der Waals surface area contributed by atoms with Gasteiger partial charge in [-0.05, 0) is 50.0 Å². The summed E-state index contributed by atoms with van der Waals surface area (Å²) in [6, 6.07) is 8.45. The zero-order valence-corrected chi connectivity index (χ0v) is 17.4. The van der Waals surface area contributed by atoms with Crippen molar-refractivity contribution in [3.8, 4) is 0 Å². The van der Waals surface area contributed by atoms with Crippen molar-refractivity contribution < 1.29 is 9.53 Å². The molecule has 1 aliphatic heterocycles. The Morgan fingerprint density at radius 2 is 2.22 bits per heavy atom. The van der Waals surface area contributed by atoms with Gasteiger partial charge in [-0.15, -0.1) is 0 Å². The quantitative estimate of drug-likeness (QED) is 0.441. The predicted molar refractivity (Wildman–Crippen MR) is 110 cm³/mol. The summed E-state index contributed by atoms with van der Waals surface area (Å²) in [5.74, 6) is 0.684. The molecular weight excluding hydrogens is 364 g/mol. The average Bonchev–Trinajstić information content (AvgIpc) is 2.67. The molecule has 1 heterocycles. The minimum atomic E-state index is -0.229. The number of hydrogen-bond acceptors (Lipinski definition) is 4. The lowest BCUT2D eigenvalue weighted by Crippen LogP contribution is -2.46. The third-order valence-corrected chi connectivity index (χ3v) is 5.37. The molecule has 0 spiro atoms. The molecule has 1 fully saturated rings. The molecule has 1 saturated heterocycles. The summed E-state index contributed by atoms with van der Waals surface area (Å²) in [5.41, 5.74) is 1.25. The van der Waals surface area contributed by atoms with Crippen molar-refractivity contribution >= 4 is 23.5 Å². The van der Waals surface area contributed by atoms with Gasteiger partial charge in [0.15, 0.2) is 5.96 Å². The Labute approximate surface area is 167 Å². The maximum absolute atomic E-state index is 11.5. The molecule has 0 aliphatic carbocycles. The molecule has 0 amide bonds. The molecule has 0 saturated carbocycles. The van der Waals surface area contributed by atoms with Crippen molar-refractivity contribution in [2.24, 2.45) is 16.8 Å². The van der Waals surface area contributed by atoms with Crippen LogP contribution in [-0.4, -0.2) is 57.7 Å². The van der Waals surface area contributed by atoms with Gasteiger partial charge in [0.25, 0.3) is 0 Å². The second-order valence-corrected chi connectivity index (χ2v) is 7.58. The molecule has 3 unspecified atom stereocenters. The van der Waals surface area contributed by atoms with Crippen LogP contribution in [0.25, 0.3) is 0 Å². The third kappa shape index (κ3) is 6.11. The molecule has 2 N–H and O–H groups in total. The van der Waals surface area contributed by atoms with Crippen molar-refractivity contribution in [2.45, 2.75) is 25.8 Å². The molecule has 0 aromatic heterocycles. The maximum atomic E-state index is 11.5. The number of hydrogen-bond donors (Lipinski definition) is 2. The summed E-state index contributed by atoms with van der Waals surface area (Å²) >= 11 is 6.22. The van der Waals surface area contributed by atoms with E-state index in [1.165, 1.54) is 19.1 Å². The highest BCUT2D eigenvalue weighted by atomic mass is 35.5. The topological polar surface area (TPSA) is 66.0 Å². The van der Waals surface area contributed by atoms with Crippen molar-refractivity contribution in [3.63, 3.8) is 0 Å². The van der Waals surface area contributed by atoms with Crippen LogP contribution in [0.2, 0.25) is 5.02 Å². The van der Waals surface area contributed by atoms with E-state index in [-0.39, 0.29) is 11.9 Å². The standard InChI is InChI=1S/C20H31ClN4O2/c1-14(19(26)27-4)12-23-20(22-2)24-13-16-8-6-10-25(3)18(16)15-7-5-9-17(21)11-15/h5,7,9,11,14,16,18H,6,8,10,12-13H2,1-4H3,(H2,22,23,24). The van der Waals surface area contributed by atoms with E-state index < -0.39 is 0 Å². The number of nitrogens with zero attached hydrogens (tertiary/aromatic N) is 2. The minimum Gasteiger partial charge on any atom is -0.469 e. The number of carbonyl (C=O) groups is 1. The number of esters is 1. The van der Waals surface area contributed by atoms with Gasteiger partial charge in [0.05, 0.1) is 13.0 Å². The van der Waals surface area contributed by atoms with Gasteiger partial charge in [-0.3, -0.25) is 14.7 Å². The maximum Gasteiger partial charge on any atom is 0.310 e. The summed E-state index contributed by atoms with van der Waals surface area (Å²) in [6.45, 7) is 4.19. The monoisotopic (exact) mass is 394 g/mol. The Morgan fingerprint density at radius 3 is 2.89 bits per heavy atom. The SMILES string of the molecule is CN=C(NCC(C)C(=O)OC)NCC1CCCN(C)C1c1cccc(Cl)c1. The van der Waals surface area contributed by atoms with Crippen LogP contribution in [0.15, 0.2) is 29.3 Å². The number of ether oxygens (including phenoxy) is 1. The number of carbonyl (C=O) groups excluding carboxylic acids is 1. The van der Waals surface area contributed by atoms with Gasteiger partial charge in [0.2, 0.25) is 0 Å². The Bertz CT molecular complexity index is 653. The first-order valence-electron chi connectivity index (χ1n) is 9.44. The summed E-state index contributed by atoms with van der Waals surface area (Å²) in [5, 5.41) is 7.39. The van der Waals surface area contributed by atoms with Gasteiger partial charge in [-0.2, -0.15) is 0 Å². The van der Waals surface area contributed by atoms with E-state index in [0.29, 0.717) is 24.5 Å². The number of halogens is 1. The summed E-state index contributed by atoms with van der Waals surface area (Å²) in [7, 11) is 5.31. The van der Waals surface area contributed by atoms with Crippen molar-refractivity contribution in [1.29, 1.82) is 0 Å². The molecule has 1 aromatic carbocycles. The fourth-order valence-corrected chi connectivity index (χ4v) is 3.87. The van der Waals surface area contributed by atoms with Crippen LogP contribution in [-0.2, 0) is 9.53 Å². The molecule has 7 heteroatoms. The largest absolute Gasteiger partial charge is 0.469 e. The Balaban J connectivity index is 1.97.